The number of nitro benzene ring substituents is 1. The summed E-state index contributed by atoms with van der Waals surface area (Å²) in [5, 5.41) is 14.7. The molecule has 0 radical (unpaired) electrons. The average Bonchev–Trinajstić information content (AvgIpc) is 2.81. The van der Waals surface area contributed by atoms with Gasteiger partial charge in [0.25, 0.3) is 11.6 Å². The number of para-hydroxylation sites is 1. The molecule has 0 unspecified atom stereocenters. The zero-order valence-electron chi connectivity index (χ0n) is 13.0. The van der Waals surface area contributed by atoms with Crippen LogP contribution < -0.4 is 5.32 Å². The van der Waals surface area contributed by atoms with Crippen molar-refractivity contribution in [3.63, 3.8) is 0 Å². The first kappa shape index (κ1) is 16.2. The summed E-state index contributed by atoms with van der Waals surface area (Å²) in [6.07, 6.45) is 0. The van der Waals surface area contributed by atoms with E-state index >= 15 is 0 Å². The molecular formula is C17H14BrN3O3. The second-order valence-electron chi connectivity index (χ2n) is 5.45. The fraction of sp³-hybridized carbons (Fsp3) is 0.118. The topological polar surface area (TPSA) is 77.2 Å². The second kappa shape index (κ2) is 6.09. The highest BCUT2D eigenvalue weighted by atomic mass is 79.9. The van der Waals surface area contributed by atoms with E-state index in [1.807, 2.05) is 24.3 Å². The number of rotatable bonds is 3. The number of benzene rings is 2. The van der Waals surface area contributed by atoms with Crippen LogP contribution in [0.5, 0.6) is 0 Å². The van der Waals surface area contributed by atoms with Gasteiger partial charge in [-0.3, -0.25) is 14.9 Å². The molecule has 6 nitrogen and oxygen atoms in total. The smallest absolute Gasteiger partial charge is 0.274 e. The van der Waals surface area contributed by atoms with Crippen LogP contribution in [-0.2, 0) is 7.05 Å². The molecule has 3 aromatic rings. The van der Waals surface area contributed by atoms with E-state index in [4.69, 9.17) is 0 Å². The number of nitrogens with zero attached hydrogens (tertiary/aromatic N) is 2. The molecule has 0 spiro atoms. The van der Waals surface area contributed by atoms with Gasteiger partial charge in [-0.25, -0.2) is 0 Å². The minimum Gasteiger partial charge on any atom is -0.339 e. The van der Waals surface area contributed by atoms with Crippen LogP contribution in [0.25, 0.3) is 10.9 Å². The Bertz CT molecular complexity index is 940. The van der Waals surface area contributed by atoms with Crippen LogP contribution in [0.1, 0.15) is 16.1 Å². The molecule has 0 saturated heterocycles. The van der Waals surface area contributed by atoms with Crippen LogP contribution in [0, 0.1) is 17.0 Å². The lowest BCUT2D eigenvalue weighted by Crippen LogP contribution is -2.16. The third-order valence-corrected chi connectivity index (χ3v) is 4.73. The van der Waals surface area contributed by atoms with Crippen molar-refractivity contribution in [2.24, 2.45) is 7.05 Å². The Labute approximate surface area is 146 Å². The lowest BCUT2D eigenvalue weighted by atomic mass is 10.2. The molecule has 3 rings (SSSR count). The predicted octanol–water partition coefficient (Wildman–Crippen LogP) is 4.41. The molecule has 0 aliphatic rings. The van der Waals surface area contributed by atoms with E-state index in [1.54, 1.807) is 30.7 Å². The number of nitro groups is 1. The van der Waals surface area contributed by atoms with Crippen LogP contribution in [0.4, 0.5) is 11.4 Å². The lowest BCUT2D eigenvalue weighted by molar-refractivity contribution is -0.385. The van der Waals surface area contributed by atoms with Crippen LogP contribution >= 0.6 is 15.9 Å². The number of anilines is 1. The Hall–Kier alpha value is -2.67. The first-order chi connectivity index (χ1) is 11.4. The molecular weight excluding hydrogens is 374 g/mol. The first-order valence-electron chi connectivity index (χ1n) is 7.19. The molecule has 0 fully saturated rings. The molecule has 0 aliphatic carbocycles. The molecule has 2 aromatic carbocycles. The Balaban J connectivity index is 1.99. The maximum Gasteiger partial charge on any atom is 0.274 e. The van der Waals surface area contributed by atoms with Crippen molar-refractivity contribution in [2.45, 2.75) is 6.92 Å². The first-order valence-corrected chi connectivity index (χ1v) is 7.98. The third-order valence-electron chi connectivity index (χ3n) is 3.92. The van der Waals surface area contributed by atoms with Crippen molar-refractivity contribution in [1.82, 2.24) is 4.57 Å². The minimum absolute atomic E-state index is 0.0242. The summed E-state index contributed by atoms with van der Waals surface area (Å²) < 4.78 is 2.48. The van der Waals surface area contributed by atoms with Gasteiger partial charge < -0.3 is 9.88 Å². The van der Waals surface area contributed by atoms with Gasteiger partial charge in [-0.15, -0.1) is 0 Å². The van der Waals surface area contributed by atoms with Crippen molar-refractivity contribution in [3.05, 3.63) is 68.3 Å². The number of hydrogen-bond acceptors (Lipinski definition) is 3. The molecule has 0 aliphatic heterocycles. The van der Waals surface area contributed by atoms with Gasteiger partial charge in [0.15, 0.2) is 0 Å². The predicted molar refractivity (Wildman–Crippen MR) is 96.4 cm³/mol. The molecule has 122 valence electrons. The van der Waals surface area contributed by atoms with Gasteiger partial charge in [-0.1, -0.05) is 24.3 Å². The van der Waals surface area contributed by atoms with Crippen LogP contribution in [-0.4, -0.2) is 15.4 Å². The molecule has 1 N–H and O–H groups in total. The number of carbonyl (C=O) groups excluding carboxylic acids is 1. The number of fused-ring (bicyclic) bond motifs is 1. The normalized spacial score (nSPS) is 10.8. The maximum absolute atomic E-state index is 12.7. The minimum atomic E-state index is -0.461. The van der Waals surface area contributed by atoms with Gasteiger partial charge in [0.1, 0.15) is 5.69 Å². The Kier molecular flexibility index (Phi) is 4.11. The van der Waals surface area contributed by atoms with E-state index in [0.29, 0.717) is 21.4 Å². The number of carbonyl (C=O) groups is 1. The second-order valence-corrected chi connectivity index (χ2v) is 6.24. The zero-order chi connectivity index (χ0) is 17.4. The number of nitrogens with one attached hydrogen (secondary N) is 1. The highest BCUT2D eigenvalue weighted by Crippen LogP contribution is 2.31. The summed E-state index contributed by atoms with van der Waals surface area (Å²) in [6, 6.07) is 12.3. The number of aryl methyl sites for hydroxylation is 2. The van der Waals surface area contributed by atoms with Gasteiger partial charge in [0.2, 0.25) is 0 Å². The quantitative estimate of drug-likeness (QED) is 0.533. The summed E-state index contributed by atoms with van der Waals surface area (Å²) >= 11 is 3.48. The standard InChI is InChI=1S/C17H14BrN3O3/c1-10-7-8-11(9-14(10)21(23)24)19-17(22)16-15(18)12-5-3-4-6-13(12)20(16)2/h3-9H,1-2H3,(H,19,22). The van der Waals surface area contributed by atoms with E-state index < -0.39 is 4.92 Å². The fourth-order valence-corrected chi connectivity index (χ4v) is 3.45. The molecule has 1 amide bonds. The van der Waals surface area contributed by atoms with Crippen molar-refractivity contribution < 1.29 is 9.72 Å². The molecule has 24 heavy (non-hydrogen) atoms. The van der Waals surface area contributed by atoms with Gasteiger partial charge in [0, 0.05) is 35.3 Å². The summed E-state index contributed by atoms with van der Waals surface area (Å²) in [5.74, 6) is -0.335. The summed E-state index contributed by atoms with van der Waals surface area (Å²) in [5.41, 5.74) is 2.28. The molecule has 1 heterocycles. The van der Waals surface area contributed by atoms with Crippen molar-refractivity contribution in [3.8, 4) is 0 Å². The Morgan fingerprint density at radius 1 is 1.25 bits per heavy atom. The van der Waals surface area contributed by atoms with Gasteiger partial charge in [-0.2, -0.15) is 0 Å². The summed E-state index contributed by atoms with van der Waals surface area (Å²) in [6.45, 7) is 1.66. The Morgan fingerprint density at radius 2 is 1.96 bits per heavy atom. The fourth-order valence-electron chi connectivity index (χ4n) is 2.67. The number of hydrogen-bond donors (Lipinski definition) is 1. The zero-order valence-corrected chi connectivity index (χ0v) is 14.6. The van der Waals surface area contributed by atoms with Crippen molar-refractivity contribution in [1.29, 1.82) is 0 Å². The van der Waals surface area contributed by atoms with Crippen molar-refractivity contribution >= 4 is 44.1 Å². The van der Waals surface area contributed by atoms with E-state index in [2.05, 4.69) is 21.2 Å². The molecule has 1 aromatic heterocycles. The Morgan fingerprint density at radius 3 is 2.62 bits per heavy atom. The van der Waals surface area contributed by atoms with E-state index in [0.717, 1.165) is 10.9 Å². The van der Waals surface area contributed by atoms with Crippen LogP contribution in [0.15, 0.2) is 46.9 Å². The number of halogens is 1. The van der Waals surface area contributed by atoms with Crippen molar-refractivity contribution in [2.75, 3.05) is 5.32 Å². The number of aromatic nitrogens is 1. The molecule has 0 saturated carbocycles. The van der Waals surface area contributed by atoms with Gasteiger partial charge in [-0.05, 0) is 35.0 Å². The largest absolute Gasteiger partial charge is 0.339 e. The summed E-state index contributed by atoms with van der Waals surface area (Å²) in [4.78, 5) is 23.2. The van der Waals surface area contributed by atoms with E-state index in [-0.39, 0.29) is 11.6 Å². The monoisotopic (exact) mass is 387 g/mol. The van der Waals surface area contributed by atoms with E-state index in [1.165, 1.54) is 6.07 Å². The SMILES string of the molecule is Cc1ccc(NC(=O)c2c(Br)c3ccccc3n2C)cc1[N+](=O)[O-]. The van der Waals surface area contributed by atoms with Crippen LogP contribution in [0.2, 0.25) is 0 Å². The lowest BCUT2D eigenvalue weighted by Gasteiger charge is -2.08. The van der Waals surface area contributed by atoms with Crippen LogP contribution in [0.3, 0.4) is 0 Å². The van der Waals surface area contributed by atoms with Gasteiger partial charge >= 0.3 is 0 Å². The highest BCUT2D eigenvalue weighted by Gasteiger charge is 2.20. The number of amides is 1. The third kappa shape index (κ3) is 2.67. The summed E-state index contributed by atoms with van der Waals surface area (Å²) in [7, 11) is 1.81. The molecule has 0 bridgehead atoms. The molecule has 7 heteroatoms. The van der Waals surface area contributed by atoms with E-state index in [9.17, 15) is 14.9 Å². The van der Waals surface area contributed by atoms with Gasteiger partial charge in [0.05, 0.1) is 9.40 Å². The molecule has 0 atom stereocenters. The average molecular weight is 388 g/mol. The highest BCUT2D eigenvalue weighted by molar-refractivity contribution is 9.10. The maximum atomic E-state index is 12.7.